The Balaban J connectivity index is 1.81. The molecule has 1 aromatic carbocycles. The van der Waals surface area contributed by atoms with Crippen molar-refractivity contribution in [1.29, 1.82) is 0 Å². The maximum Gasteiger partial charge on any atom is 0.258 e. The van der Waals surface area contributed by atoms with Crippen molar-refractivity contribution in [3.63, 3.8) is 0 Å². The van der Waals surface area contributed by atoms with Crippen molar-refractivity contribution in [3.8, 4) is 0 Å². The molecule has 0 spiro atoms. The van der Waals surface area contributed by atoms with Crippen LogP contribution in [0, 0.1) is 20.8 Å². The number of benzene rings is 1. The lowest BCUT2D eigenvalue weighted by Gasteiger charge is -2.17. The van der Waals surface area contributed by atoms with Crippen LogP contribution >= 0.6 is 22.9 Å². The molecule has 6 heteroatoms. The number of amides is 1. The molecule has 0 aliphatic rings. The highest BCUT2D eigenvalue weighted by Crippen LogP contribution is 2.24. The van der Waals surface area contributed by atoms with Crippen LogP contribution in [0.3, 0.4) is 0 Å². The van der Waals surface area contributed by atoms with Gasteiger partial charge in [0.2, 0.25) is 0 Å². The molecule has 2 heterocycles. The summed E-state index contributed by atoms with van der Waals surface area (Å²) in [5, 5.41) is 6.92. The fraction of sp³-hybridized carbons (Fsp3) is 0.300. The third-order valence-electron chi connectivity index (χ3n) is 4.43. The molecule has 0 bridgehead atoms. The first-order valence-electron chi connectivity index (χ1n) is 8.43. The van der Waals surface area contributed by atoms with Crippen LogP contribution in [0.1, 0.15) is 37.6 Å². The normalized spacial score (nSPS) is 11.0. The van der Waals surface area contributed by atoms with Gasteiger partial charge in [-0.2, -0.15) is 5.10 Å². The second kappa shape index (κ2) is 7.64. The Bertz CT molecular complexity index is 927. The SMILES string of the molecule is Cc1ccc(Cn2nc(C)c(C(=O)N(C)Cc3sccc3C)c2Cl)cc1. The second-order valence-corrected chi connectivity index (χ2v) is 7.94. The molecule has 0 saturated carbocycles. The van der Waals surface area contributed by atoms with Crippen LogP contribution in [0.5, 0.6) is 0 Å². The Morgan fingerprint density at radius 3 is 2.50 bits per heavy atom. The molecule has 0 aliphatic carbocycles. The lowest BCUT2D eigenvalue weighted by molar-refractivity contribution is 0.0785. The molecule has 3 aromatic rings. The van der Waals surface area contributed by atoms with Crippen molar-refractivity contribution in [3.05, 3.63) is 73.7 Å². The van der Waals surface area contributed by atoms with Crippen molar-refractivity contribution >= 4 is 28.8 Å². The van der Waals surface area contributed by atoms with Gasteiger partial charge < -0.3 is 4.90 Å². The van der Waals surface area contributed by atoms with Gasteiger partial charge in [-0.05, 0) is 43.3 Å². The van der Waals surface area contributed by atoms with E-state index in [4.69, 9.17) is 11.6 Å². The first-order valence-corrected chi connectivity index (χ1v) is 9.69. The summed E-state index contributed by atoms with van der Waals surface area (Å²) >= 11 is 8.18. The molecule has 4 nitrogen and oxygen atoms in total. The van der Waals surface area contributed by atoms with Crippen LogP contribution in [0.2, 0.25) is 5.15 Å². The van der Waals surface area contributed by atoms with Gasteiger partial charge in [-0.3, -0.25) is 4.79 Å². The number of nitrogens with zero attached hydrogens (tertiary/aromatic N) is 3. The van der Waals surface area contributed by atoms with E-state index < -0.39 is 0 Å². The summed E-state index contributed by atoms with van der Waals surface area (Å²) in [5.74, 6) is -0.101. The van der Waals surface area contributed by atoms with Crippen LogP contribution in [0.4, 0.5) is 0 Å². The molecule has 3 rings (SSSR count). The minimum absolute atomic E-state index is 0.101. The predicted molar refractivity (Wildman–Crippen MR) is 107 cm³/mol. The molecule has 0 fully saturated rings. The average molecular weight is 388 g/mol. The fourth-order valence-corrected chi connectivity index (χ4v) is 4.09. The van der Waals surface area contributed by atoms with E-state index in [1.807, 2.05) is 12.3 Å². The molecule has 0 radical (unpaired) electrons. The molecule has 0 atom stereocenters. The molecular formula is C20H22ClN3OS. The summed E-state index contributed by atoms with van der Waals surface area (Å²) in [7, 11) is 1.80. The van der Waals surface area contributed by atoms with Gasteiger partial charge in [0, 0.05) is 11.9 Å². The maximum absolute atomic E-state index is 12.9. The van der Waals surface area contributed by atoms with E-state index in [1.54, 1.807) is 28.0 Å². The zero-order chi connectivity index (χ0) is 18.8. The number of carbonyl (C=O) groups excluding carboxylic acids is 1. The highest BCUT2D eigenvalue weighted by atomic mass is 35.5. The van der Waals surface area contributed by atoms with E-state index in [0.29, 0.717) is 29.5 Å². The molecule has 136 valence electrons. The van der Waals surface area contributed by atoms with Gasteiger partial charge >= 0.3 is 0 Å². The van der Waals surface area contributed by atoms with E-state index in [2.05, 4.69) is 49.3 Å². The first-order chi connectivity index (χ1) is 12.4. The number of aromatic nitrogens is 2. The molecule has 0 unspecified atom stereocenters. The highest BCUT2D eigenvalue weighted by molar-refractivity contribution is 7.10. The van der Waals surface area contributed by atoms with Crippen LogP contribution in [0.15, 0.2) is 35.7 Å². The molecule has 26 heavy (non-hydrogen) atoms. The third kappa shape index (κ3) is 3.84. The van der Waals surface area contributed by atoms with E-state index >= 15 is 0 Å². The Labute approximate surface area is 163 Å². The lowest BCUT2D eigenvalue weighted by Crippen LogP contribution is -2.26. The number of hydrogen-bond donors (Lipinski definition) is 0. The standard InChI is InChI=1S/C20H22ClN3OS/c1-13-5-7-16(8-6-13)11-24-19(21)18(15(3)22-24)20(25)23(4)12-17-14(2)9-10-26-17/h5-10H,11-12H2,1-4H3. The summed E-state index contributed by atoms with van der Waals surface area (Å²) in [6.07, 6.45) is 0. The van der Waals surface area contributed by atoms with E-state index in [1.165, 1.54) is 16.0 Å². The number of halogens is 1. The minimum atomic E-state index is -0.101. The van der Waals surface area contributed by atoms with Gasteiger partial charge in [-0.1, -0.05) is 41.4 Å². The average Bonchev–Trinajstić information content (AvgIpc) is 3.12. The second-order valence-electron chi connectivity index (χ2n) is 6.58. The maximum atomic E-state index is 12.9. The van der Waals surface area contributed by atoms with Gasteiger partial charge in [0.25, 0.3) is 5.91 Å². The van der Waals surface area contributed by atoms with Crippen molar-refractivity contribution in [1.82, 2.24) is 14.7 Å². The molecule has 2 aromatic heterocycles. The van der Waals surface area contributed by atoms with E-state index in [9.17, 15) is 4.79 Å². The number of carbonyl (C=O) groups is 1. The van der Waals surface area contributed by atoms with Crippen molar-refractivity contribution in [2.45, 2.75) is 33.9 Å². The number of rotatable bonds is 5. The van der Waals surface area contributed by atoms with E-state index in [0.717, 1.165) is 5.56 Å². The van der Waals surface area contributed by atoms with Gasteiger partial charge in [-0.15, -0.1) is 11.3 Å². The fourth-order valence-electron chi connectivity index (χ4n) is 2.81. The Morgan fingerprint density at radius 2 is 1.88 bits per heavy atom. The van der Waals surface area contributed by atoms with Crippen LogP contribution in [-0.4, -0.2) is 27.6 Å². The molecule has 0 aliphatic heterocycles. The summed E-state index contributed by atoms with van der Waals surface area (Å²) in [4.78, 5) is 15.8. The van der Waals surface area contributed by atoms with Crippen LogP contribution < -0.4 is 0 Å². The molecular weight excluding hydrogens is 366 g/mol. The van der Waals surface area contributed by atoms with Gasteiger partial charge in [0.05, 0.1) is 24.3 Å². The lowest BCUT2D eigenvalue weighted by atomic mass is 10.1. The Morgan fingerprint density at radius 1 is 1.19 bits per heavy atom. The largest absolute Gasteiger partial charge is 0.336 e. The number of hydrogen-bond acceptors (Lipinski definition) is 3. The van der Waals surface area contributed by atoms with Crippen molar-refractivity contribution in [2.24, 2.45) is 0 Å². The summed E-state index contributed by atoms with van der Waals surface area (Å²) in [6, 6.07) is 10.3. The van der Waals surface area contributed by atoms with Crippen molar-refractivity contribution < 1.29 is 4.79 Å². The predicted octanol–water partition coefficient (Wildman–Crippen LogP) is 4.84. The smallest absolute Gasteiger partial charge is 0.258 e. The first kappa shape index (κ1) is 18.7. The summed E-state index contributed by atoms with van der Waals surface area (Å²) in [5.41, 5.74) is 4.64. The topological polar surface area (TPSA) is 38.1 Å². The van der Waals surface area contributed by atoms with Gasteiger partial charge in [0.1, 0.15) is 5.15 Å². The zero-order valence-electron chi connectivity index (χ0n) is 15.4. The molecule has 0 N–H and O–H groups in total. The zero-order valence-corrected chi connectivity index (χ0v) is 17.0. The van der Waals surface area contributed by atoms with Crippen LogP contribution in [-0.2, 0) is 13.1 Å². The van der Waals surface area contributed by atoms with Crippen LogP contribution in [0.25, 0.3) is 0 Å². The Kier molecular flexibility index (Phi) is 5.49. The summed E-state index contributed by atoms with van der Waals surface area (Å²) < 4.78 is 1.69. The number of aryl methyl sites for hydroxylation is 3. The van der Waals surface area contributed by atoms with Gasteiger partial charge in [-0.25, -0.2) is 4.68 Å². The molecule has 0 saturated heterocycles. The highest BCUT2D eigenvalue weighted by Gasteiger charge is 2.23. The van der Waals surface area contributed by atoms with E-state index in [-0.39, 0.29) is 5.91 Å². The Hall–Kier alpha value is -2.11. The minimum Gasteiger partial charge on any atom is -0.336 e. The quantitative estimate of drug-likeness (QED) is 0.628. The monoisotopic (exact) mass is 387 g/mol. The third-order valence-corrected chi connectivity index (χ3v) is 5.82. The number of thiophene rings is 1. The van der Waals surface area contributed by atoms with Crippen molar-refractivity contribution in [2.75, 3.05) is 7.05 Å². The van der Waals surface area contributed by atoms with Gasteiger partial charge in [0.15, 0.2) is 0 Å². The summed E-state index contributed by atoms with van der Waals surface area (Å²) in [6.45, 7) is 7.05. The molecule has 1 amide bonds.